The molecule has 0 radical (unpaired) electrons. The molecule has 162 valence electrons. The van der Waals surface area contributed by atoms with Gasteiger partial charge < -0.3 is 14.5 Å². The molecule has 1 aliphatic rings. The highest BCUT2D eigenvalue weighted by Gasteiger charge is 2.23. The van der Waals surface area contributed by atoms with E-state index in [1.165, 1.54) is 0 Å². The summed E-state index contributed by atoms with van der Waals surface area (Å²) in [5.41, 5.74) is 4.10. The number of fused-ring (bicyclic) bond motifs is 1. The average Bonchev–Trinajstić information content (AvgIpc) is 3.27. The Bertz CT molecular complexity index is 1230. The maximum Gasteiger partial charge on any atom is 0.316 e. The minimum absolute atomic E-state index is 0.0929. The molecule has 0 unspecified atom stereocenters. The van der Waals surface area contributed by atoms with Crippen LogP contribution in [0, 0.1) is 0 Å². The minimum Gasteiger partial charge on any atom is -0.467 e. The van der Waals surface area contributed by atoms with E-state index >= 15 is 0 Å². The first-order chi connectivity index (χ1) is 15.7. The third kappa shape index (κ3) is 3.87. The molecule has 0 atom stereocenters. The van der Waals surface area contributed by atoms with Crippen LogP contribution in [-0.2, 0) is 11.3 Å². The van der Waals surface area contributed by atoms with Crippen molar-refractivity contribution in [2.45, 2.75) is 6.54 Å². The number of nitrogens with zero attached hydrogens (tertiary/aromatic N) is 6. The van der Waals surface area contributed by atoms with Gasteiger partial charge in [-0.15, -0.1) is 0 Å². The Morgan fingerprint density at radius 1 is 0.938 bits per heavy atom. The molecule has 3 heterocycles. The molecule has 0 aliphatic carbocycles. The summed E-state index contributed by atoms with van der Waals surface area (Å²) in [5.74, 6) is 0.0929. The van der Waals surface area contributed by atoms with Gasteiger partial charge in [-0.25, -0.2) is 9.97 Å². The van der Waals surface area contributed by atoms with Crippen molar-refractivity contribution in [1.82, 2.24) is 24.6 Å². The van der Waals surface area contributed by atoms with Crippen LogP contribution in [0.2, 0.25) is 0 Å². The van der Waals surface area contributed by atoms with Crippen LogP contribution < -0.4 is 9.64 Å². The molecule has 32 heavy (non-hydrogen) atoms. The highest BCUT2D eigenvalue weighted by Crippen LogP contribution is 2.31. The van der Waals surface area contributed by atoms with Crippen LogP contribution in [0.1, 0.15) is 0 Å². The molecular formula is C24H24N6O2. The van der Waals surface area contributed by atoms with E-state index in [2.05, 4.69) is 32.1 Å². The molecule has 1 aliphatic heterocycles. The zero-order valence-corrected chi connectivity index (χ0v) is 17.9. The highest BCUT2D eigenvalue weighted by molar-refractivity contribution is 5.82. The van der Waals surface area contributed by atoms with Gasteiger partial charge in [-0.2, -0.15) is 5.10 Å². The Morgan fingerprint density at radius 3 is 2.44 bits per heavy atom. The minimum atomic E-state index is 0.0929. The number of methoxy groups -OCH3 is 1. The molecule has 8 heteroatoms. The quantitative estimate of drug-likeness (QED) is 0.487. The second-order valence-corrected chi connectivity index (χ2v) is 7.70. The van der Waals surface area contributed by atoms with Crippen molar-refractivity contribution < 1.29 is 9.53 Å². The maximum atomic E-state index is 12.9. The first kappa shape index (κ1) is 20.0. The fourth-order valence-electron chi connectivity index (χ4n) is 4.13. The average molecular weight is 428 g/mol. The van der Waals surface area contributed by atoms with E-state index in [0.29, 0.717) is 19.1 Å². The second kappa shape index (κ2) is 8.66. The first-order valence-electron chi connectivity index (χ1n) is 10.6. The van der Waals surface area contributed by atoms with Gasteiger partial charge in [-0.1, -0.05) is 36.4 Å². The lowest BCUT2D eigenvalue weighted by Crippen LogP contribution is -2.49. The number of aromatic nitrogens is 4. The number of para-hydroxylation sites is 2. The van der Waals surface area contributed by atoms with Crippen molar-refractivity contribution in [3.05, 3.63) is 67.1 Å². The molecule has 0 saturated carbocycles. The summed E-state index contributed by atoms with van der Waals surface area (Å²) in [6, 6.07) is 16.5. The molecule has 1 saturated heterocycles. The number of benzene rings is 2. The first-order valence-corrected chi connectivity index (χ1v) is 10.6. The summed E-state index contributed by atoms with van der Waals surface area (Å²) < 4.78 is 6.85. The number of piperazine rings is 1. The summed E-state index contributed by atoms with van der Waals surface area (Å²) in [6.07, 6.45) is 5.36. The number of carbonyl (C=O) groups excluding carboxylic acids is 1. The van der Waals surface area contributed by atoms with Gasteiger partial charge in [0.05, 0.1) is 18.8 Å². The molecule has 4 aromatic rings. The van der Waals surface area contributed by atoms with Crippen molar-refractivity contribution in [1.29, 1.82) is 0 Å². The van der Waals surface area contributed by atoms with Gasteiger partial charge in [0.25, 0.3) is 0 Å². The molecule has 0 N–H and O–H groups in total. The van der Waals surface area contributed by atoms with Crippen molar-refractivity contribution in [3.8, 4) is 17.1 Å². The third-order valence-electron chi connectivity index (χ3n) is 5.83. The maximum absolute atomic E-state index is 12.9. The van der Waals surface area contributed by atoms with Crippen LogP contribution in [0.5, 0.6) is 6.01 Å². The number of carbonyl (C=O) groups is 1. The molecular weight excluding hydrogens is 404 g/mol. The van der Waals surface area contributed by atoms with Gasteiger partial charge in [-0.3, -0.25) is 9.48 Å². The van der Waals surface area contributed by atoms with Crippen LogP contribution >= 0.6 is 0 Å². The third-order valence-corrected chi connectivity index (χ3v) is 5.83. The van der Waals surface area contributed by atoms with E-state index in [0.717, 1.165) is 40.8 Å². The fraction of sp³-hybridized carbons (Fsp3) is 0.250. The molecule has 8 nitrogen and oxygen atoms in total. The van der Waals surface area contributed by atoms with E-state index in [4.69, 9.17) is 4.74 Å². The van der Waals surface area contributed by atoms with Gasteiger partial charge in [0.1, 0.15) is 6.54 Å². The Balaban J connectivity index is 1.27. The zero-order chi connectivity index (χ0) is 21.9. The van der Waals surface area contributed by atoms with Gasteiger partial charge in [-0.05, 0) is 12.1 Å². The molecule has 1 amide bonds. The van der Waals surface area contributed by atoms with Gasteiger partial charge in [0.15, 0.2) is 0 Å². The monoisotopic (exact) mass is 428 g/mol. The van der Waals surface area contributed by atoms with Gasteiger partial charge >= 0.3 is 6.01 Å². The van der Waals surface area contributed by atoms with Crippen LogP contribution in [-0.4, -0.2) is 63.8 Å². The topological polar surface area (TPSA) is 76.4 Å². The molecule has 1 fully saturated rings. The van der Waals surface area contributed by atoms with Crippen molar-refractivity contribution in [3.63, 3.8) is 0 Å². The van der Waals surface area contributed by atoms with Gasteiger partial charge in [0, 0.05) is 60.8 Å². The number of amides is 1. The number of rotatable bonds is 5. The predicted molar refractivity (Wildman–Crippen MR) is 123 cm³/mol. The van der Waals surface area contributed by atoms with Crippen LogP contribution in [0.3, 0.4) is 0 Å². The van der Waals surface area contributed by atoms with E-state index in [1.54, 1.807) is 30.4 Å². The van der Waals surface area contributed by atoms with Crippen LogP contribution in [0.4, 0.5) is 5.69 Å². The predicted octanol–water partition coefficient (Wildman–Crippen LogP) is 2.85. The van der Waals surface area contributed by atoms with E-state index in [-0.39, 0.29) is 12.5 Å². The summed E-state index contributed by atoms with van der Waals surface area (Å²) in [5, 5.41) is 5.43. The largest absolute Gasteiger partial charge is 0.467 e. The molecule has 0 spiro atoms. The fourth-order valence-corrected chi connectivity index (χ4v) is 4.13. The number of anilines is 1. The molecule has 2 aromatic carbocycles. The molecule has 2 aromatic heterocycles. The standard InChI is InChI=1S/C24H24N6O2/c1-32-24-25-14-19(15-26-24)20-7-3-5-9-22(20)28-10-12-29(13-11-28)23(31)17-30-21-8-4-2-6-18(21)16-27-30/h2-9,14-16H,10-13,17H2,1H3. The Kier molecular flexibility index (Phi) is 5.41. The highest BCUT2D eigenvalue weighted by atomic mass is 16.5. The van der Waals surface area contributed by atoms with Crippen LogP contribution in [0.25, 0.3) is 22.0 Å². The SMILES string of the molecule is COc1ncc(-c2ccccc2N2CCN(C(=O)Cn3ncc4ccccc43)CC2)cn1. The smallest absolute Gasteiger partial charge is 0.316 e. The van der Waals surface area contributed by atoms with Crippen molar-refractivity contribution in [2.24, 2.45) is 0 Å². The summed E-state index contributed by atoms with van der Waals surface area (Å²) in [7, 11) is 1.55. The Hall–Kier alpha value is -3.94. The van der Waals surface area contributed by atoms with E-state index in [9.17, 15) is 4.79 Å². The second-order valence-electron chi connectivity index (χ2n) is 7.70. The summed E-state index contributed by atoms with van der Waals surface area (Å²) in [6.45, 7) is 3.13. The number of hydrogen-bond acceptors (Lipinski definition) is 6. The summed E-state index contributed by atoms with van der Waals surface area (Å²) >= 11 is 0. The van der Waals surface area contributed by atoms with E-state index < -0.39 is 0 Å². The number of hydrogen-bond donors (Lipinski definition) is 0. The van der Waals surface area contributed by atoms with E-state index in [1.807, 2.05) is 41.3 Å². The number of ether oxygens (including phenoxy) is 1. The Morgan fingerprint density at radius 2 is 1.66 bits per heavy atom. The zero-order valence-electron chi connectivity index (χ0n) is 17.9. The lowest BCUT2D eigenvalue weighted by atomic mass is 10.1. The molecule has 5 rings (SSSR count). The van der Waals surface area contributed by atoms with Crippen molar-refractivity contribution >= 4 is 22.5 Å². The summed E-state index contributed by atoms with van der Waals surface area (Å²) in [4.78, 5) is 25.6. The lowest BCUT2D eigenvalue weighted by Gasteiger charge is -2.37. The van der Waals surface area contributed by atoms with Gasteiger partial charge in [0.2, 0.25) is 5.91 Å². The van der Waals surface area contributed by atoms with Crippen LogP contribution in [0.15, 0.2) is 67.1 Å². The lowest BCUT2D eigenvalue weighted by molar-refractivity contribution is -0.132. The van der Waals surface area contributed by atoms with Crippen molar-refractivity contribution in [2.75, 3.05) is 38.2 Å². The normalized spacial score (nSPS) is 14.0. The Labute approximate surface area is 186 Å². The molecule has 0 bridgehead atoms.